The fourth-order valence-corrected chi connectivity index (χ4v) is 3.53. The molecule has 2 N–H and O–H groups in total. The number of carbonyl (C=O) groups excluding carboxylic acids is 2. The van der Waals surface area contributed by atoms with E-state index < -0.39 is 25.7 Å². The Labute approximate surface area is 144 Å². The van der Waals surface area contributed by atoms with Crippen LogP contribution in [-0.4, -0.2) is 41.6 Å². The van der Waals surface area contributed by atoms with Crippen LogP contribution in [0.1, 0.15) is 54.4 Å². The summed E-state index contributed by atoms with van der Waals surface area (Å²) in [7, 11) is -3.12. The minimum absolute atomic E-state index is 0.151. The lowest BCUT2D eigenvalue weighted by atomic mass is 10.2. The van der Waals surface area contributed by atoms with E-state index in [0.717, 1.165) is 0 Å². The van der Waals surface area contributed by atoms with Gasteiger partial charge in [0.25, 0.3) is 6.29 Å². The average Bonchev–Trinajstić information content (AvgIpc) is 2.44. The largest absolute Gasteiger partial charge is 0.425 e. The van der Waals surface area contributed by atoms with E-state index in [1.165, 1.54) is 0 Å². The van der Waals surface area contributed by atoms with Crippen molar-refractivity contribution in [3.8, 4) is 0 Å². The molecule has 0 aromatic heterocycles. The second-order valence-electron chi connectivity index (χ2n) is 6.74. The molecule has 0 aliphatic heterocycles. The molecule has 0 radical (unpaired) electrons. The molecular formula is C16H32NO6P. The molecular weight excluding hydrogens is 333 g/mol. The predicted octanol–water partition coefficient (Wildman–Crippen LogP) is 3.35. The fraction of sp³-hybridized carbons (Fsp3) is 0.875. The van der Waals surface area contributed by atoms with Crippen LogP contribution < -0.4 is 5.32 Å². The number of rotatable bonds is 10. The van der Waals surface area contributed by atoms with Crippen LogP contribution in [0.3, 0.4) is 0 Å². The number of carbonyl (C=O) groups is 2. The first-order valence-electron chi connectivity index (χ1n) is 8.47. The van der Waals surface area contributed by atoms with E-state index in [-0.39, 0.29) is 30.2 Å². The summed E-state index contributed by atoms with van der Waals surface area (Å²) in [5.74, 6) is -0.930. The van der Waals surface area contributed by atoms with Gasteiger partial charge in [0.15, 0.2) is 0 Å². The van der Waals surface area contributed by atoms with Crippen LogP contribution in [0, 0.1) is 11.8 Å². The molecule has 24 heavy (non-hydrogen) atoms. The van der Waals surface area contributed by atoms with Gasteiger partial charge in [0.05, 0.1) is 5.92 Å². The van der Waals surface area contributed by atoms with Crippen molar-refractivity contribution in [2.24, 2.45) is 11.8 Å². The zero-order chi connectivity index (χ0) is 18.9. The molecule has 3 unspecified atom stereocenters. The topological polar surface area (TPSA) is 102 Å². The molecule has 0 saturated heterocycles. The molecule has 0 fully saturated rings. The molecule has 8 heteroatoms. The first-order valence-corrected chi connectivity index (χ1v) is 10.5. The van der Waals surface area contributed by atoms with Crippen LogP contribution in [-0.2, 0) is 18.8 Å². The molecule has 0 aromatic rings. The molecule has 1 amide bonds. The van der Waals surface area contributed by atoms with E-state index in [9.17, 15) is 19.0 Å². The highest BCUT2D eigenvalue weighted by atomic mass is 31.2. The maximum absolute atomic E-state index is 11.9. The van der Waals surface area contributed by atoms with Crippen molar-refractivity contribution < 1.29 is 28.5 Å². The number of esters is 1. The lowest BCUT2D eigenvalue weighted by Gasteiger charge is -2.23. The number of nitrogens with one attached hydrogen (secondary N) is 1. The molecule has 0 heterocycles. The van der Waals surface area contributed by atoms with Gasteiger partial charge in [-0.2, -0.15) is 0 Å². The van der Waals surface area contributed by atoms with Gasteiger partial charge in [-0.3, -0.25) is 9.36 Å². The standard InChI is InChI=1S/C16H32NO6P/c1-7-9-24(20,21)10-8-13(6)17-16(19)23-15(12(4)5)22-14(18)11(2)3/h11-13,15H,7-10H2,1-6H3,(H,17,19)(H,20,21). The van der Waals surface area contributed by atoms with Crippen molar-refractivity contribution >= 4 is 19.4 Å². The van der Waals surface area contributed by atoms with Gasteiger partial charge >= 0.3 is 12.1 Å². The summed E-state index contributed by atoms with van der Waals surface area (Å²) >= 11 is 0. The summed E-state index contributed by atoms with van der Waals surface area (Å²) in [5, 5.41) is 2.60. The first kappa shape index (κ1) is 22.9. The van der Waals surface area contributed by atoms with Crippen LogP contribution in [0.4, 0.5) is 4.79 Å². The monoisotopic (exact) mass is 365 g/mol. The van der Waals surface area contributed by atoms with Crippen LogP contribution in [0.25, 0.3) is 0 Å². The normalized spacial score (nSPS) is 16.4. The van der Waals surface area contributed by atoms with E-state index in [0.29, 0.717) is 12.8 Å². The maximum atomic E-state index is 11.9. The summed E-state index contributed by atoms with van der Waals surface area (Å²) in [4.78, 5) is 33.3. The summed E-state index contributed by atoms with van der Waals surface area (Å²) in [6, 6.07) is -0.316. The van der Waals surface area contributed by atoms with E-state index in [1.807, 2.05) is 6.92 Å². The number of ether oxygens (including phenoxy) is 2. The van der Waals surface area contributed by atoms with E-state index in [1.54, 1.807) is 34.6 Å². The van der Waals surface area contributed by atoms with Crippen molar-refractivity contribution in [2.75, 3.05) is 12.3 Å². The third-order valence-electron chi connectivity index (χ3n) is 3.32. The SMILES string of the molecule is CCCP(=O)(O)CCC(C)NC(=O)OC(OC(=O)C(C)C)C(C)C. The second kappa shape index (κ2) is 10.7. The Balaban J connectivity index is 4.42. The highest BCUT2D eigenvalue weighted by molar-refractivity contribution is 7.57. The Hall–Kier alpha value is -1.07. The van der Waals surface area contributed by atoms with Crippen LogP contribution >= 0.6 is 7.37 Å². The molecule has 0 aromatic carbocycles. The third kappa shape index (κ3) is 9.93. The zero-order valence-corrected chi connectivity index (χ0v) is 16.5. The summed E-state index contributed by atoms with van der Waals surface area (Å²) in [5.41, 5.74) is 0. The molecule has 0 saturated carbocycles. The summed E-state index contributed by atoms with van der Waals surface area (Å²) in [6.45, 7) is 10.5. The number of hydrogen-bond donors (Lipinski definition) is 2. The van der Waals surface area contributed by atoms with Gasteiger partial charge in [0.2, 0.25) is 7.37 Å². The van der Waals surface area contributed by atoms with Gasteiger partial charge in [0.1, 0.15) is 0 Å². The van der Waals surface area contributed by atoms with E-state index in [2.05, 4.69) is 5.32 Å². The van der Waals surface area contributed by atoms with Gasteiger partial charge in [-0.05, 0) is 19.8 Å². The minimum Gasteiger partial charge on any atom is -0.425 e. The molecule has 7 nitrogen and oxygen atoms in total. The van der Waals surface area contributed by atoms with Crippen LogP contribution in [0.15, 0.2) is 0 Å². The highest BCUT2D eigenvalue weighted by Crippen LogP contribution is 2.41. The van der Waals surface area contributed by atoms with E-state index in [4.69, 9.17) is 9.47 Å². The Kier molecular flexibility index (Phi) is 10.2. The minimum atomic E-state index is -3.12. The maximum Gasteiger partial charge on any atom is 0.410 e. The van der Waals surface area contributed by atoms with Crippen molar-refractivity contribution in [3.63, 3.8) is 0 Å². The molecule has 0 aliphatic rings. The lowest BCUT2D eigenvalue weighted by Crippen LogP contribution is -2.39. The van der Waals surface area contributed by atoms with Crippen molar-refractivity contribution in [1.82, 2.24) is 5.32 Å². The Morgan fingerprint density at radius 1 is 1.08 bits per heavy atom. The van der Waals surface area contributed by atoms with Crippen LogP contribution in [0.5, 0.6) is 0 Å². The molecule has 142 valence electrons. The smallest absolute Gasteiger partial charge is 0.410 e. The Bertz CT molecular complexity index is 452. The van der Waals surface area contributed by atoms with Crippen molar-refractivity contribution in [3.05, 3.63) is 0 Å². The van der Waals surface area contributed by atoms with Crippen molar-refractivity contribution in [2.45, 2.75) is 66.7 Å². The number of alkyl carbamates (subject to hydrolysis) is 1. The molecule has 0 spiro atoms. The Morgan fingerprint density at radius 2 is 1.67 bits per heavy atom. The second-order valence-corrected chi connectivity index (χ2v) is 9.32. The van der Waals surface area contributed by atoms with Gasteiger partial charge in [-0.15, -0.1) is 0 Å². The molecule has 0 aliphatic carbocycles. The highest BCUT2D eigenvalue weighted by Gasteiger charge is 2.25. The summed E-state index contributed by atoms with van der Waals surface area (Å²) < 4.78 is 22.1. The van der Waals surface area contributed by atoms with Crippen LogP contribution in [0.2, 0.25) is 0 Å². The fourth-order valence-electron chi connectivity index (χ4n) is 1.82. The molecule has 3 atom stereocenters. The number of hydrogen-bond acceptors (Lipinski definition) is 5. The molecule has 0 rings (SSSR count). The quantitative estimate of drug-likeness (QED) is 0.350. The van der Waals surface area contributed by atoms with Gasteiger partial charge in [0, 0.05) is 24.3 Å². The average molecular weight is 365 g/mol. The third-order valence-corrected chi connectivity index (χ3v) is 5.42. The van der Waals surface area contributed by atoms with Gasteiger partial charge in [-0.25, -0.2) is 4.79 Å². The first-order chi connectivity index (χ1) is 11.0. The molecule has 0 bridgehead atoms. The number of amides is 1. The van der Waals surface area contributed by atoms with Gasteiger partial charge < -0.3 is 19.7 Å². The van der Waals surface area contributed by atoms with E-state index >= 15 is 0 Å². The predicted molar refractivity (Wildman–Crippen MR) is 93.1 cm³/mol. The van der Waals surface area contributed by atoms with Gasteiger partial charge in [-0.1, -0.05) is 34.6 Å². The summed E-state index contributed by atoms with van der Waals surface area (Å²) in [6.07, 6.45) is -0.212. The lowest BCUT2D eigenvalue weighted by molar-refractivity contribution is -0.178. The Morgan fingerprint density at radius 3 is 2.12 bits per heavy atom. The van der Waals surface area contributed by atoms with Crippen molar-refractivity contribution in [1.29, 1.82) is 0 Å². The zero-order valence-electron chi connectivity index (χ0n) is 15.6.